The van der Waals surface area contributed by atoms with E-state index in [1.807, 2.05) is 0 Å². The number of carboxylic acid groups (broad SMARTS) is 1. The molecular weight excluding hydrogens is 314 g/mol. The molecule has 0 aromatic heterocycles. The van der Waals surface area contributed by atoms with E-state index in [0.29, 0.717) is 17.7 Å². The first-order valence-corrected chi connectivity index (χ1v) is 6.37. The minimum absolute atomic E-state index is 0.332. The maximum Gasteiger partial charge on any atom is 0.412 e. The van der Waals surface area contributed by atoms with E-state index in [9.17, 15) is 9.59 Å². The van der Waals surface area contributed by atoms with Gasteiger partial charge in [0, 0.05) is 10.2 Å². The third kappa shape index (κ3) is 4.75. The second-order valence-corrected chi connectivity index (χ2v) is 4.68. The van der Waals surface area contributed by atoms with E-state index < -0.39 is 18.2 Å². The molecule has 2 N–H and O–H groups in total. The van der Waals surface area contributed by atoms with Crippen molar-refractivity contribution in [2.24, 2.45) is 0 Å². The number of carbonyl (C=O) groups is 2. The Bertz CT molecular complexity index is 484. The van der Waals surface area contributed by atoms with Crippen LogP contribution in [0.5, 0.6) is 0 Å². The number of hydrogen-bond acceptors (Lipinski definition) is 3. The quantitative estimate of drug-likeness (QED) is 0.812. The Hall–Kier alpha value is -1.82. The summed E-state index contributed by atoms with van der Waals surface area (Å²) in [5, 5.41) is 11.4. The average Bonchev–Trinajstić information content (AvgIpc) is 2.37. The van der Waals surface area contributed by atoms with E-state index in [1.54, 1.807) is 31.2 Å². The number of amides is 1. The summed E-state index contributed by atoms with van der Waals surface area (Å²) in [4.78, 5) is 22.5. The Balaban J connectivity index is 2.65. The van der Waals surface area contributed by atoms with Gasteiger partial charge in [0.05, 0.1) is 0 Å². The van der Waals surface area contributed by atoms with Crippen LogP contribution in [0.2, 0.25) is 0 Å². The largest absolute Gasteiger partial charge is 0.478 e. The lowest BCUT2D eigenvalue weighted by Crippen LogP contribution is -2.30. The highest BCUT2D eigenvalue weighted by atomic mass is 79.9. The number of benzene rings is 1. The molecule has 0 saturated carbocycles. The van der Waals surface area contributed by atoms with Crippen LogP contribution in [0.3, 0.4) is 0 Å². The molecule has 0 bridgehead atoms. The van der Waals surface area contributed by atoms with Crippen LogP contribution in [0, 0.1) is 0 Å². The summed E-state index contributed by atoms with van der Waals surface area (Å²) in [6.07, 6.45) is -1.74. The second-order valence-electron chi connectivity index (χ2n) is 3.77. The Labute approximate surface area is 119 Å². The van der Waals surface area contributed by atoms with E-state index in [0.717, 1.165) is 4.47 Å². The molecular formula is C13H14BrNO4. The lowest BCUT2D eigenvalue weighted by molar-refractivity contribution is -0.144. The summed E-state index contributed by atoms with van der Waals surface area (Å²) >= 11 is 3.27. The van der Waals surface area contributed by atoms with Crippen LogP contribution in [0.4, 0.5) is 10.5 Å². The normalized spacial score (nSPS) is 11.5. The average molecular weight is 328 g/mol. The summed E-state index contributed by atoms with van der Waals surface area (Å²) in [5.41, 5.74) is 0.845. The standard InChI is InChI=1S/C13H14BrNO4/c1-3-8(2)11(12(16)17)19-13(18)15-10-6-4-9(14)5-7-10/h4-7,11H,2-3H2,1H3,(H,15,18)(H,16,17). The van der Waals surface area contributed by atoms with Crippen molar-refractivity contribution in [2.75, 3.05) is 5.32 Å². The van der Waals surface area contributed by atoms with E-state index in [1.165, 1.54) is 0 Å². The monoisotopic (exact) mass is 327 g/mol. The van der Waals surface area contributed by atoms with E-state index >= 15 is 0 Å². The van der Waals surface area contributed by atoms with Crippen LogP contribution in [0.15, 0.2) is 40.9 Å². The highest BCUT2D eigenvalue weighted by Crippen LogP contribution is 2.15. The minimum Gasteiger partial charge on any atom is -0.478 e. The fourth-order valence-corrected chi connectivity index (χ4v) is 1.55. The molecule has 1 amide bonds. The summed E-state index contributed by atoms with van der Waals surface area (Å²) in [6.45, 7) is 5.32. The van der Waals surface area contributed by atoms with Crippen LogP contribution >= 0.6 is 15.9 Å². The molecule has 1 aromatic carbocycles. The fourth-order valence-electron chi connectivity index (χ4n) is 1.28. The molecule has 0 aliphatic heterocycles. The Morgan fingerprint density at radius 1 is 1.42 bits per heavy atom. The van der Waals surface area contributed by atoms with E-state index in [2.05, 4.69) is 27.8 Å². The number of hydrogen-bond donors (Lipinski definition) is 2. The summed E-state index contributed by atoms with van der Waals surface area (Å²) in [5.74, 6) is -1.24. The van der Waals surface area contributed by atoms with Gasteiger partial charge in [-0.3, -0.25) is 5.32 Å². The number of rotatable bonds is 5. The number of halogens is 1. The highest BCUT2D eigenvalue weighted by Gasteiger charge is 2.24. The Kier molecular flexibility index (Phi) is 5.57. The molecule has 102 valence electrons. The first-order chi connectivity index (χ1) is 8.93. The topological polar surface area (TPSA) is 75.6 Å². The molecule has 1 aromatic rings. The maximum atomic E-state index is 11.6. The van der Waals surface area contributed by atoms with Crippen LogP contribution < -0.4 is 5.32 Å². The molecule has 6 heteroatoms. The molecule has 5 nitrogen and oxygen atoms in total. The van der Waals surface area contributed by atoms with Gasteiger partial charge >= 0.3 is 12.1 Å². The van der Waals surface area contributed by atoms with Crippen LogP contribution in [0.25, 0.3) is 0 Å². The van der Waals surface area contributed by atoms with Crippen molar-refractivity contribution in [1.29, 1.82) is 0 Å². The zero-order valence-electron chi connectivity index (χ0n) is 10.4. The highest BCUT2D eigenvalue weighted by molar-refractivity contribution is 9.10. The zero-order valence-corrected chi connectivity index (χ0v) is 11.9. The number of carboxylic acids is 1. The van der Waals surface area contributed by atoms with Gasteiger partial charge in [0.25, 0.3) is 0 Å². The molecule has 1 unspecified atom stereocenters. The predicted molar refractivity (Wildman–Crippen MR) is 75.1 cm³/mol. The van der Waals surface area contributed by atoms with Crippen molar-refractivity contribution in [3.8, 4) is 0 Å². The van der Waals surface area contributed by atoms with Gasteiger partial charge in [0.2, 0.25) is 6.10 Å². The maximum absolute atomic E-state index is 11.6. The number of nitrogens with one attached hydrogen (secondary N) is 1. The molecule has 0 heterocycles. The second kappa shape index (κ2) is 6.94. The molecule has 0 fully saturated rings. The van der Waals surface area contributed by atoms with Gasteiger partial charge in [-0.15, -0.1) is 0 Å². The first-order valence-electron chi connectivity index (χ1n) is 5.57. The van der Waals surface area contributed by atoms with Gasteiger partial charge in [0.1, 0.15) is 0 Å². The SMILES string of the molecule is C=C(CC)C(OC(=O)Nc1ccc(Br)cc1)C(=O)O. The van der Waals surface area contributed by atoms with Crippen molar-refractivity contribution in [3.63, 3.8) is 0 Å². The van der Waals surface area contributed by atoms with Crippen molar-refractivity contribution in [3.05, 3.63) is 40.9 Å². The van der Waals surface area contributed by atoms with E-state index in [4.69, 9.17) is 9.84 Å². The van der Waals surface area contributed by atoms with Crippen LogP contribution in [-0.2, 0) is 9.53 Å². The summed E-state index contributed by atoms with van der Waals surface area (Å²) in [7, 11) is 0. The smallest absolute Gasteiger partial charge is 0.412 e. The zero-order chi connectivity index (χ0) is 14.4. The number of ether oxygens (including phenoxy) is 1. The van der Waals surface area contributed by atoms with E-state index in [-0.39, 0.29) is 0 Å². The third-order valence-corrected chi connectivity index (χ3v) is 2.89. The van der Waals surface area contributed by atoms with Crippen molar-refractivity contribution >= 4 is 33.7 Å². The molecule has 0 saturated heterocycles. The van der Waals surface area contributed by atoms with Crippen LogP contribution in [0.1, 0.15) is 13.3 Å². The molecule has 0 radical (unpaired) electrons. The Morgan fingerprint density at radius 3 is 2.47 bits per heavy atom. The minimum atomic E-state index is -1.33. The van der Waals surface area contributed by atoms with Gasteiger partial charge in [-0.2, -0.15) is 0 Å². The van der Waals surface area contributed by atoms with Crippen molar-refractivity contribution < 1.29 is 19.4 Å². The van der Waals surface area contributed by atoms with Gasteiger partial charge in [-0.25, -0.2) is 9.59 Å². The van der Waals surface area contributed by atoms with Crippen molar-refractivity contribution in [1.82, 2.24) is 0 Å². The number of anilines is 1. The lowest BCUT2D eigenvalue weighted by Gasteiger charge is -2.15. The van der Waals surface area contributed by atoms with Gasteiger partial charge in [-0.1, -0.05) is 29.4 Å². The van der Waals surface area contributed by atoms with Crippen LogP contribution in [-0.4, -0.2) is 23.3 Å². The van der Waals surface area contributed by atoms with Gasteiger partial charge in [-0.05, 0) is 36.3 Å². The molecule has 0 aliphatic rings. The van der Waals surface area contributed by atoms with Gasteiger partial charge in [0.15, 0.2) is 0 Å². The molecule has 1 atom stereocenters. The molecule has 0 spiro atoms. The molecule has 19 heavy (non-hydrogen) atoms. The predicted octanol–water partition coefficient (Wildman–Crippen LogP) is 3.42. The van der Waals surface area contributed by atoms with Crippen molar-refractivity contribution in [2.45, 2.75) is 19.4 Å². The number of carbonyl (C=O) groups excluding carboxylic acids is 1. The Morgan fingerprint density at radius 2 is 2.00 bits per heavy atom. The lowest BCUT2D eigenvalue weighted by atomic mass is 10.1. The summed E-state index contributed by atoms with van der Waals surface area (Å²) < 4.78 is 5.71. The van der Waals surface area contributed by atoms with Gasteiger partial charge < -0.3 is 9.84 Å². The number of aliphatic carboxylic acids is 1. The third-order valence-electron chi connectivity index (χ3n) is 2.36. The molecule has 0 aliphatic carbocycles. The summed E-state index contributed by atoms with van der Waals surface area (Å²) in [6, 6.07) is 6.82. The fraction of sp³-hybridized carbons (Fsp3) is 0.231. The first kappa shape index (κ1) is 15.2. The molecule has 1 rings (SSSR count).